The van der Waals surface area contributed by atoms with Crippen molar-refractivity contribution in [1.82, 2.24) is 0 Å². The van der Waals surface area contributed by atoms with Gasteiger partial charge >= 0.3 is 0 Å². The van der Waals surface area contributed by atoms with Crippen molar-refractivity contribution >= 4 is 11.6 Å². The van der Waals surface area contributed by atoms with Gasteiger partial charge in [0.2, 0.25) is 11.2 Å². The zero-order chi connectivity index (χ0) is 13.8. The molecule has 2 aromatic rings. The Hall–Kier alpha value is -1.85. The predicted octanol–water partition coefficient (Wildman–Crippen LogP) is 2.50. The fraction of sp³-hybridized carbons (Fsp3) is 0.154. The van der Waals surface area contributed by atoms with Gasteiger partial charge in [0, 0.05) is 16.7 Å². The molecular weight excluding hydrogens is 275 g/mol. The third-order valence-corrected chi connectivity index (χ3v) is 2.77. The Kier molecular flexibility index (Phi) is 4.19. The molecule has 19 heavy (non-hydrogen) atoms. The number of hydrogen-bond acceptors (Lipinski definition) is 4. The molecule has 0 aliphatic heterocycles. The van der Waals surface area contributed by atoms with E-state index in [0.29, 0.717) is 10.6 Å². The third kappa shape index (κ3) is 3.33. The maximum Gasteiger partial charge on any atom is 0.227 e. The number of halogens is 2. The summed E-state index contributed by atoms with van der Waals surface area (Å²) in [4.78, 5) is 11.6. The molecule has 0 saturated heterocycles. The van der Waals surface area contributed by atoms with Crippen LogP contribution in [-0.2, 0) is 13.2 Å². The molecule has 0 atom stereocenters. The minimum atomic E-state index is -0.439. The Balaban J connectivity index is 2.14. The highest BCUT2D eigenvalue weighted by atomic mass is 35.5. The lowest BCUT2D eigenvalue weighted by Crippen LogP contribution is -2.08. The summed E-state index contributed by atoms with van der Waals surface area (Å²) in [5.41, 5.74) is -0.00451. The Labute approximate surface area is 113 Å². The number of aliphatic hydroxyl groups is 1. The molecule has 6 heteroatoms. The van der Waals surface area contributed by atoms with Gasteiger partial charge in [-0.05, 0) is 18.2 Å². The summed E-state index contributed by atoms with van der Waals surface area (Å²) in [6, 6.07) is 5.00. The monoisotopic (exact) mass is 284 g/mol. The molecule has 0 saturated carbocycles. The molecule has 0 aliphatic carbocycles. The summed E-state index contributed by atoms with van der Waals surface area (Å²) in [6.07, 6.45) is 1.10. The minimum absolute atomic E-state index is 0.0301. The van der Waals surface area contributed by atoms with Crippen LogP contribution < -0.4 is 10.2 Å². The highest BCUT2D eigenvalue weighted by molar-refractivity contribution is 6.31. The average Bonchev–Trinajstić information content (AvgIpc) is 2.40. The van der Waals surface area contributed by atoms with E-state index >= 15 is 0 Å². The Bertz CT molecular complexity index is 639. The SMILES string of the molecule is O=c1cc(CO)occ1OCc1cc(F)ccc1Cl. The smallest absolute Gasteiger partial charge is 0.227 e. The molecule has 4 nitrogen and oxygen atoms in total. The molecule has 1 heterocycles. The Morgan fingerprint density at radius 3 is 2.84 bits per heavy atom. The van der Waals surface area contributed by atoms with Crippen LogP contribution in [0.1, 0.15) is 11.3 Å². The second kappa shape index (κ2) is 5.86. The molecule has 0 fully saturated rings. The lowest BCUT2D eigenvalue weighted by Gasteiger charge is -2.07. The van der Waals surface area contributed by atoms with Gasteiger partial charge in [-0.1, -0.05) is 11.6 Å². The maximum atomic E-state index is 13.0. The normalized spacial score (nSPS) is 10.5. The van der Waals surface area contributed by atoms with Crippen molar-refractivity contribution in [2.45, 2.75) is 13.2 Å². The number of hydrogen-bond donors (Lipinski definition) is 1. The molecule has 0 bridgehead atoms. The summed E-state index contributed by atoms with van der Waals surface area (Å²) in [6.45, 7) is -0.426. The van der Waals surface area contributed by atoms with Gasteiger partial charge < -0.3 is 14.3 Å². The van der Waals surface area contributed by atoms with Crippen molar-refractivity contribution in [2.24, 2.45) is 0 Å². The van der Waals surface area contributed by atoms with Crippen molar-refractivity contribution in [3.63, 3.8) is 0 Å². The number of aliphatic hydroxyl groups excluding tert-OH is 1. The number of rotatable bonds is 4. The lowest BCUT2D eigenvalue weighted by atomic mass is 10.2. The van der Waals surface area contributed by atoms with Crippen LogP contribution in [0.25, 0.3) is 0 Å². The van der Waals surface area contributed by atoms with Crippen molar-refractivity contribution in [2.75, 3.05) is 0 Å². The minimum Gasteiger partial charge on any atom is -0.482 e. The lowest BCUT2D eigenvalue weighted by molar-refractivity contribution is 0.236. The van der Waals surface area contributed by atoms with E-state index in [4.69, 9.17) is 25.9 Å². The van der Waals surface area contributed by atoms with Crippen molar-refractivity contribution < 1.29 is 18.7 Å². The number of ether oxygens (including phenoxy) is 1. The van der Waals surface area contributed by atoms with Crippen molar-refractivity contribution in [3.05, 3.63) is 62.9 Å². The first-order valence-electron chi connectivity index (χ1n) is 5.39. The van der Waals surface area contributed by atoms with E-state index in [0.717, 1.165) is 12.3 Å². The van der Waals surface area contributed by atoms with Crippen LogP contribution in [0, 0.1) is 5.82 Å². The molecule has 1 aromatic carbocycles. The van der Waals surface area contributed by atoms with Crippen LogP contribution >= 0.6 is 11.6 Å². The molecule has 2 rings (SSSR count). The van der Waals surface area contributed by atoms with Gasteiger partial charge in [-0.15, -0.1) is 0 Å². The van der Waals surface area contributed by atoms with E-state index in [1.54, 1.807) is 0 Å². The van der Waals surface area contributed by atoms with Crippen LogP contribution in [0.15, 0.2) is 39.7 Å². The van der Waals surface area contributed by atoms with E-state index in [-0.39, 0.29) is 24.7 Å². The molecule has 0 aliphatic rings. The van der Waals surface area contributed by atoms with E-state index in [1.165, 1.54) is 18.2 Å². The average molecular weight is 285 g/mol. The molecular formula is C13H10ClFO4. The Morgan fingerprint density at radius 1 is 1.37 bits per heavy atom. The van der Waals surface area contributed by atoms with Gasteiger partial charge in [-0.25, -0.2) is 4.39 Å². The molecule has 0 spiro atoms. The maximum absolute atomic E-state index is 13.0. The van der Waals surface area contributed by atoms with Crippen LogP contribution in [0.4, 0.5) is 4.39 Å². The Morgan fingerprint density at radius 2 is 2.16 bits per heavy atom. The van der Waals surface area contributed by atoms with Gasteiger partial charge in [0.15, 0.2) is 0 Å². The summed E-state index contributed by atoms with van der Waals surface area (Å²) < 4.78 is 23.2. The third-order valence-electron chi connectivity index (χ3n) is 2.40. The predicted molar refractivity (Wildman–Crippen MR) is 66.6 cm³/mol. The molecule has 1 N–H and O–H groups in total. The summed E-state index contributed by atoms with van der Waals surface area (Å²) in [7, 11) is 0. The summed E-state index contributed by atoms with van der Waals surface area (Å²) >= 11 is 5.87. The van der Waals surface area contributed by atoms with Gasteiger partial charge in [0.05, 0.1) is 0 Å². The first-order chi connectivity index (χ1) is 9.10. The summed E-state index contributed by atoms with van der Waals surface area (Å²) in [5.74, 6) is -0.329. The van der Waals surface area contributed by atoms with Crippen molar-refractivity contribution in [3.8, 4) is 5.75 Å². The van der Waals surface area contributed by atoms with Gasteiger partial charge in [0.25, 0.3) is 0 Å². The highest BCUT2D eigenvalue weighted by Crippen LogP contribution is 2.18. The fourth-order valence-corrected chi connectivity index (χ4v) is 1.61. The fourth-order valence-electron chi connectivity index (χ4n) is 1.44. The van der Waals surface area contributed by atoms with E-state index in [1.807, 2.05) is 0 Å². The molecule has 0 unspecified atom stereocenters. The van der Waals surface area contributed by atoms with Crippen LogP contribution in [0.5, 0.6) is 5.75 Å². The van der Waals surface area contributed by atoms with Crippen LogP contribution in [-0.4, -0.2) is 5.11 Å². The quantitative estimate of drug-likeness (QED) is 0.937. The van der Waals surface area contributed by atoms with E-state index in [9.17, 15) is 9.18 Å². The van der Waals surface area contributed by atoms with Crippen LogP contribution in [0.3, 0.4) is 0 Å². The van der Waals surface area contributed by atoms with E-state index in [2.05, 4.69) is 0 Å². The van der Waals surface area contributed by atoms with Crippen LogP contribution in [0.2, 0.25) is 5.02 Å². The molecule has 0 amide bonds. The zero-order valence-corrected chi connectivity index (χ0v) is 10.5. The van der Waals surface area contributed by atoms with Gasteiger partial charge in [-0.3, -0.25) is 4.79 Å². The summed E-state index contributed by atoms with van der Waals surface area (Å²) in [5, 5.41) is 9.14. The molecule has 100 valence electrons. The van der Waals surface area contributed by atoms with E-state index < -0.39 is 11.2 Å². The topological polar surface area (TPSA) is 59.7 Å². The first kappa shape index (κ1) is 13.6. The second-order valence-electron chi connectivity index (χ2n) is 3.76. The molecule has 1 aromatic heterocycles. The largest absolute Gasteiger partial charge is 0.482 e. The van der Waals surface area contributed by atoms with Gasteiger partial charge in [-0.2, -0.15) is 0 Å². The van der Waals surface area contributed by atoms with Crippen molar-refractivity contribution in [1.29, 1.82) is 0 Å². The van der Waals surface area contributed by atoms with Gasteiger partial charge in [0.1, 0.15) is 31.1 Å². The zero-order valence-electron chi connectivity index (χ0n) is 9.73. The standard InChI is InChI=1S/C13H10ClFO4/c14-11-2-1-9(15)3-8(11)6-19-13-7-18-10(5-16)4-12(13)17/h1-4,7,16H,5-6H2. The highest BCUT2D eigenvalue weighted by Gasteiger charge is 2.07. The second-order valence-corrected chi connectivity index (χ2v) is 4.16. The first-order valence-corrected chi connectivity index (χ1v) is 5.77. The number of benzene rings is 1. The molecule has 0 radical (unpaired) electrons.